The molecule has 0 spiro atoms. The van der Waals surface area contributed by atoms with Gasteiger partial charge < -0.3 is 14.8 Å². The van der Waals surface area contributed by atoms with Gasteiger partial charge in [0.05, 0.1) is 11.5 Å². The summed E-state index contributed by atoms with van der Waals surface area (Å²) in [6, 6.07) is 12.9. The summed E-state index contributed by atoms with van der Waals surface area (Å²) >= 11 is 7.30. The Kier molecular flexibility index (Phi) is 6.95. The summed E-state index contributed by atoms with van der Waals surface area (Å²) in [7, 11) is 0. The Morgan fingerprint density at radius 1 is 1.21 bits per heavy atom. The summed E-state index contributed by atoms with van der Waals surface area (Å²) in [5, 5.41) is 3.44. The van der Waals surface area contributed by atoms with Gasteiger partial charge in [-0.1, -0.05) is 35.9 Å². The highest BCUT2D eigenvalue weighted by Crippen LogP contribution is 2.33. The van der Waals surface area contributed by atoms with Gasteiger partial charge in [0.2, 0.25) is 5.91 Å². The molecule has 0 aliphatic carbocycles. The number of hydrogen-bond acceptors (Lipinski definition) is 5. The zero-order valence-corrected chi connectivity index (χ0v) is 17.5. The maximum absolute atomic E-state index is 12.0. The smallest absolute Gasteiger partial charge is 0.286 e. The molecule has 29 heavy (non-hydrogen) atoms. The van der Waals surface area contributed by atoms with Crippen molar-refractivity contribution < 1.29 is 19.1 Å². The zero-order chi connectivity index (χ0) is 20.8. The molecule has 1 aliphatic heterocycles. The second-order valence-electron chi connectivity index (χ2n) is 6.03. The average molecular weight is 431 g/mol. The van der Waals surface area contributed by atoms with E-state index in [1.165, 1.54) is 6.92 Å². The van der Waals surface area contributed by atoms with Crippen LogP contribution < -0.4 is 14.8 Å². The number of nitrogens with zero attached hydrogens (tertiary/aromatic N) is 1. The molecular formula is C21H19ClN2O4S. The summed E-state index contributed by atoms with van der Waals surface area (Å²) in [5.74, 6) is 0.474. The van der Waals surface area contributed by atoms with Crippen LogP contribution in [0.3, 0.4) is 0 Å². The van der Waals surface area contributed by atoms with Crippen LogP contribution in [0.15, 0.2) is 52.4 Å². The molecule has 0 atom stereocenters. The number of amides is 2. The fourth-order valence-corrected chi connectivity index (χ4v) is 3.59. The highest BCUT2D eigenvalue weighted by atomic mass is 35.5. The van der Waals surface area contributed by atoms with Gasteiger partial charge in [0.25, 0.3) is 5.91 Å². The van der Waals surface area contributed by atoms with E-state index in [0.717, 1.165) is 22.9 Å². The van der Waals surface area contributed by atoms with Crippen LogP contribution in [0.2, 0.25) is 5.02 Å². The maximum Gasteiger partial charge on any atom is 0.286 e. The number of ether oxygens (including phenoxy) is 2. The number of rotatable bonds is 6. The van der Waals surface area contributed by atoms with Crippen molar-refractivity contribution in [2.75, 3.05) is 6.61 Å². The van der Waals surface area contributed by atoms with Gasteiger partial charge in [0.15, 0.2) is 16.7 Å². The Balaban J connectivity index is 1.77. The number of hydrogen-bond donors (Lipinski definition) is 1. The van der Waals surface area contributed by atoms with E-state index in [1.54, 1.807) is 18.2 Å². The molecule has 6 nitrogen and oxygen atoms in total. The first-order valence-corrected chi connectivity index (χ1v) is 10.1. The zero-order valence-electron chi connectivity index (χ0n) is 15.9. The molecule has 2 amide bonds. The molecule has 0 fully saturated rings. The Bertz CT molecular complexity index is 1000. The third-order valence-corrected chi connectivity index (χ3v) is 5.08. The van der Waals surface area contributed by atoms with Crippen LogP contribution in [0.5, 0.6) is 11.5 Å². The van der Waals surface area contributed by atoms with E-state index >= 15 is 0 Å². The molecule has 2 aromatic carbocycles. The van der Waals surface area contributed by atoms with Gasteiger partial charge in [-0.05, 0) is 48.5 Å². The molecule has 0 bridgehead atoms. The van der Waals surface area contributed by atoms with Crippen molar-refractivity contribution >= 4 is 46.4 Å². The van der Waals surface area contributed by atoms with E-state index in [-0.39, 0.29) is 11.1 Å². The first-order chi connectivity index (χ1) is 14.0. The molecule has 1 heterocycles. The number of aliphatic imine (C=N–C) groups is 1. The first-order valence-electron chi connectivity index (χ1n) is 8.89. The molecule has 1 aliphatic rings. The number of amidine groups is 1. The van der Waals surface area contributed by atoms with Crippen LogP contribution in [0, 0.1) is 0 Å². The van der Waals surface area contributed by atoms with Crippen LogP contribution in [-0.2, 0) is 16.2 Å². The molecule has 0 radical (unpaired) electrons. The third-order valence-electron chi connectivity index (χ3n) is 3.81. The van der Waals surface area contributed by atoms with E-state index < -0.39 is 5.91 Å². The molecule has 2 aromatic rings. The number of thioether (sulfide) groups is 1. The summed E-state index contributed by atoms with van der Waals surface area (Å²) < 4.78 is 11.6. The average Bonchev–Trinajstić information content (AvgIpc) is 3.00. The predicted molar refractivity (Wildman–Crippen MR) is 115 cm³/mol. The lowest BCUT2D eigenvalue weighted by molar-refractivity contribution is -0.117. The second-order valence-corrected chi connectivity index (χ2v) is 7.47. The van der Waals surface area contributed by atoms with E-state index in [2.05, 4.69) is 10.3 Å². The number of nitrogens with one attached hydrogen (secondary N) is 1. The van der Waals surface area contributed by atoms with Crippen molar-refractivity contribution in [3.05, 3.63) is 63.5 Å². The number of benzene rings is 2. The fourth-order valence-electron chi connectivity index (χ4n) is 2.54. The van der Waals surface area contributed by atoms with E-state index in [4.69, 9.17) is 21.1 Å². The molecule has 1 N–H and O–H groups in total. The second kappa shape index (κ2) is 9.62. The van der Waals surface area contributed by atoms with E-state index in [0.29, 0.717) is 34.6 Å². The van der Waals surface area contributed by atoms with Crippen LogP contribution in [-0.4, -0.2) is 23.6 Å². The minimum Gasteiger partial charge on any atom is -0.490 e. The van der Waals surface area contributed by atoms with Gasteiger partial charge in [0, 0.05) is 17.5 Å². The van der Waals surface area contributed by atoms with Crippen LogP contribution in [0.1, 0.15) is 25.0 Å². The molecular weight excluding hydrogens is 412 g/mol. The lowest BCUT2D eigenvalue weighted by Gasteiger charge is -2.13. The van der Waals surface area contributed by atoms with E-state index in [1.807, 2.05) is 37.3 Å². The minimum atomic E-state index is -0.393. The van der Waals surface area contributed by atoms with Gasteiger partial charge in [-0.2, -0.15) is 4.99 Å². The number of halogens is 1. The molecule has 0 aromatic heterocycles. The van der Waals surface area contributed by atoms with Gasteiger partial charge >= 0.3 is 0 Å². The van der Waals surface area contributed by atoms with Crippen LogP contribution in [0.4, 0.5) is 0 Å². The van der Waals surface area contributed by atoms with Crippen molar-refractivity contribution in [3.8, 4) is 11.5 Å². The Hall–Kier alpha value is -2.77. The summed E-state index contributed by atoms with van der Waals surface area (Å²) in [5.41, 5.74) is 1.63. The monoisotopic (exact) mass is 430 g/mol. The summed E-state index contributed by atoms with van der Waals surface area (Å²) in [4.78, 5) is 27.4. The molecule has 0 saturated heterocycles. The maximum atomic E-state index is 12.0. The number of carbonyl (C=O) groups is 2. The van der Waals surface area contributed by atoms with E-state index in [9.17, 15) is 9.59 Å². The Labute approximate surface area is 177 Å². The highest BCUT2D eigenvalue weighted by molar-refractivity contribution is 8.18. The minimum absolute atomic E-state index is 0.274. The predicted octanol–water partition coefficient (Wildman–Crippen LogP) is 4.42. The highest BCUT2D eigenvalue weighted by Gasteiger charge is 2.22. The van der Waals surface area contributed by atoms with Crippen LogP contribution in [0.25, 0.3) is 6.08 Å². The van der Waals surface area contributed by atoms with Gasteiger partial charge in [0.1, 0.15) is 6.61 Å². The van der Waals surface area contributed by atoms with Gasteiger partial charge in [-0.15, -0.1) is 0 Å². The summed E-state index contributed by atoms with van der Waals surface area (Å²) in [6.45, 7) is 4.02. The molecule has 8 heteroatoms. The Morgan fingerprint density at radius 3 is 2.72 bits per heavy atom. The third kappa shape index (κ3) is 5.62. The van der Waals surface area contributed by atoms with Crippen molar-refractivity contribution in [2.45, 2.75) is 20.5 Å². The molecule has 0 saturated carbocycles. The summed E-state index contributed by atoms with van der Waals surface area (Å²) in [6.07, 6.45) is 1.70. The standard InChI is InChI=1S/C21H19ClN2O4S/c1-3-27-18-10-14(11-19-20(26)24-21(29-19)23-13(2)25)8-9-17(18)28-12-15-6-4-5-7-16(15)22/h4-11H,3,12H2,1-2H3,(H,23,24,25,26). The first kappa shape index (κ1) is 21.0. The Morgan fingerprint density at radius 2 is 2.00 bits per heavy atom. The number of carbonyl (C=O) groups excluding carboxylic acids is 2. The topological polar surface area (TPSA) is 77.0 Å². The lowest BCUT2D eigenvalue weighted by atomic mass is 10.2. The van der Waals surface area contributed by atoms with Gasteiger partial charge in [-0.25, -0.2) is 0 Å². The van der Waals surface area contributed by atoms with Crippen LogP contribution >= 0.6 is 23.4 Å². The lowest BCUT2D eigenvalue weighted by Crippen LogP contribution is -2.23. The fraction of sp³-hybridized carbons (Fsp3) is 0.190. The normalized spacial score (nSPS) is 14.7. The van der Waals surface area contributed by atoms with Crippen molar-refractivity contribution in [2.24, 2.45) is 4.99 Å². The SMILES string of the molecule is CCOc1cc(C=C2SC(NC(C)=O)=NC2=O)ccc1OCc1ccccc1Cl. The quantitative estimate of drug-likeness (QED) is 0.686. The molecule has 0 unspecified atom stereocenters. The molecule has 150 valence electrons. The van der Waals surface area contributed by atoms with Gasteiger partial charge in [-0.3, -0.25) is 9.59 Å². The van der Waals surface area contributed by atoms with Crippen molar-refractivity contribution in [1.82, 2.24) is 5.32 Å². The van der Waals surface area contributed by atoms with Crippen molar-refractivity contribution in [3.63, 3.8) is 0 Å². The van der Waals surface area contributed by atoms with Crippen molar-refractivity contribution in [1.29, 1.82) is 0 Å². The largest absolute Gasteiger partial charge is 0.490 e. The molecule has 3 rings (SSSR count).